The van der Waals surface area contributed by atoms with E-state index in [9.17, 15) is 0 Å². The zero-order valence-electron chi connectivity index (χ0n) is 9.70. The third-order valence-electron chi connectivity index (χ3n) is 2.93. The number of halogens is 1. The first-order chi connectivity index (χ1) is 7.11. The van der Waals surface area contributed by atoms with Crippen LogP contribution in [0.3, 0.4) is 0 Å². The summed E-state index contributed by atoms with van der Waals surface area (Å²) in [7, 11) is 0. The predicted octanol–water partition coefficient (Wildman–Crippen LogP) is 2.75. The molecule has 15 heavy (non-hydrogen) atoms. The lowest BCUT2D eigenvalue weighted by Gasteiger charge is -2.20. The second kappa shape index (κ2) is 5.66. The predicted molar refractivity (Wildman–Crippen MR) is 66.9 cm³/mol. The summed E-state index contributed by atoms with van der Waals surface area (Å²) in [5.41, 5.74) is 6.98. The van der Waals surface area contributed by atoms with Gasteiger partial charge < -0.3 is 5.73 Å². The summed E-state index contributed by atoms with van der Waals surface area (Å²) in [6, 6.07) is 0. The molecule has 0 saturated heterocycles. The second-order valence-electron chi connectivity index (χ2n) is 4.10. The summed E-state index contributed by atoms with van der Waals surface area (Å²) >= 11 is 3.56. The molecule has 0 aliphatic rings. The van der Waals surface area contributed by atoms with Gasteiger partial charge in [-0.2, -0.15) is 5.10 Å². The van der Waals surface area contributed by atoms with Gasteiger partial charge in [0.05, 0.1) is 16.4 Å². The molecule has 0 bridgehead atoms. The SMILES string of the molecule is CCCn1ncc(Br)c1C(C)C(C)CN. The number of rotatable bonds is 5. The monoisotopic (exact) mass is 273 g/mol. The lowest BCUT2D eigenvalue weighted by atomic mass is 9.93. The van der Waals surface area contributed by atoms with Crippen molar-refractivity contribution in [2.45, 2.75) is 39.7 Å². The summed E-state index contributed by atoms with van der Waals surface area (Å²) in [4.78, 5) is 0. The molecule has 2 atom stereocenters. The highest BCUT2D eigenvalue weighted by atomic mass is 79.9. The van der Waals surface area contributed by atoms with Crippen molar-refractivity contribution in [1.29, 1.82) is 0 Å². The van der Waals surface area contributed by atoms with E-state index in [1.54, 1.807) is 0 Å². The van der Waals surface area contributed by atoms with Crippen LogP contribution in [0.25, 0.3) is 0 Å². The summed E-state index contributed by atoms with van der Waals surface area (Å²) in [5.74, 6) is 0.923. The van der Waals surface area contributed by atoms with Crippen LogP contribution in [-0.4, -0.2) is 16.3 Å². The van der Waals surface area contributed by atoms with E-state index in [0.717, 1.165) is 17.4 Å². The van der Waals surface area contributed by atoms with Gasteiger partial charge in [0.1, 0.15) is 0 Å². The van der Waals surface area contributed by atoms with Gasteiger partial charge >= 0.3 is 0 Å². The van der Waals surface area contributed by atoms with E-state index in [1.165, 1.54) is 5.69 Å². The van der Waals surface area contributed by atoms with Crippen molar-refractivity contribution in [3.05, 3.63) is 16.4 Å². The van der Waals surface area contributed by atoms with Gasteiger partial charge in [-0.1, -0.05) is 20.8 Å². The maximum Gasteiger partial charge on any atom is 0.0635 e. The van der Waals surface area contributed by atoms with Crippen molar-refractivity contribution in [3.8, 4) is 0 Å². The second-order valence-corrected chi connectivity index (χ2v) is 4.96. The van der Waals surface area contributed by atoms with Gasteiger partial charge in [-0.05, 0) is 34.8 Å². The topological polar surface area (TPSA) is 43.8 Å². The summed E-state index contributed by atoms with van der Waals surface area (Å²) in [6.07, 6.45) is 2.98. The normalized spacial score (nSPS) is 15.3. The van der Waals surface area contributed by atoms with Gasteiger partial charge in [0.2, 0.25) is 0 Å². The molecule has 0 aliphatic carbocycles. The lowest BCUT2D eigenvalue weighted by molar-refractivity contribution is 0.451. The molecule has 0 amide bonds. The van der Waals surface area contributed by atoms with Crippen LogP contribution in [0.15, 0.2) is 10.7 Å². The molecule has 3 nitrogen and oxygen atoms in total. The largest absolute Gasteiger partial charge is 0.330 e. The zero-order chi connectivity index (χ0) is 11.4. The van der Waals surface area contributed by atoms with Crippen LogP contribution >= 0.6 is 15.9 Å². The Kier molecular flexibility index (Phi) is 4.80. The van der Waals surface area contributed by atoms with Crippen LogP contribution < -0.4 is 5.73 Å². The average Bonchev–Trinajstić information content (AvgIpc) is 2.58. The molecular formula is C11H20BrN3. The Labute approximate surface area is 100 Å². The van der Waals surface area contributed by atoms with Crippen molar-refractivity contribution in [1.82, 2.24) is 9.78 Å². The maximum absolute atomic E-state index is 5.71. The molecule has 4 heteroatoms. The summed E-state index contributed by atoms with van der Waals surface area (Å²) in [6.45, 7) is 8.25. The Balaban J connectivity index is 2.94. The maximum atomic E-state index is 5.71. The molecule has 2 N–H and O–H groups in total. The standard InChI is InChI=1S/C11H20BrN3/c1-4-5-15-11(10(12)7-14-15)9(3)8(2)6-13/h7-9H,4-6,13H2,1-3H3. The number of nitrogens with zero attached hydrogens (tertiary/aromatic N) is 2. The van der Waals surface area contributed by atoms with Crippen molar-refractivity contribution in [2.24, 2.45) is 11.7 Å². The van der Waals surface area contributed by atoms with E-state index in [1.807, 2.05) is 6.20 Å². The van der Waals surface area contributed by atoms with Crippen LogP contribution in [0.2, 0.25) is 0 Å². The number of hydrogen-bond acceptors (Lipinski definition) is 2. The van der Waals surface area contributed by atoms with Gasteiger partial charge in [-0.15, -0.1) is 0 Å². The molecule has 0 saturated carbocycles. The van der Waals surface area contributed by atoms with Crippen molar-refractivity contribution < 1.29 is 0 Å². The summed E-state index contributed by atoms with van der Waals surface area (Å²) in [5, 5.41) is 4.37. The fourth-order valence-corrected chi connectivity index (χ4v) is 2.35. The fourth-order valence-electron chi connectivity index (χ4n) is 1.69. The molecule has 0 spiro atoms. The fraction of sp³-hybridized carbons (Fsp3) is 0.727. The molecule has 1 aromatic heterocycles. The Morgan fingerprint density at radius 3 is 2.73 bits per heavy atom. The molecule has 0 aliphatic heterocycles. The third kappa shape index (κ3) is 2.82. The minimum Gasteiger partial charge on any atom is -0.330 e. The van der Waals surface area contributed by atoms with Crippen LogP contribution in [0.1, 0.15) is 38.8 Å². The van der Waals surface area contributed by atoms with Crippen molar-refractivity contribution >= 4 is 15.9 Å². The van der Waals surface area contributed by atoms with Crippen LogP contribution in [0, 0.1) is 5.92 Å². The molecule has 0 radical (unpaired) electrons. The van der Waals surface area contributed by atoms with E-state index in [4.69, 9.17) is 5.73 Å². The van der Waals surface area contributed by atoms with Crippen LogP contribution in [0.5, 0.6) is 0 Å². The number of aromatic nitrogens is 2. The molecule has 1 aromatic rings. The summed E-state index contributed by atoms with van der Waals surface area (Å²) < 4.78 is 3.18. The van der Waals surface area contributed by atoms with Gasteiger partial charge in [0, 0.05) is 12.5 Å². The van der Waals surface area contributed by atoms with E-state index in [0.29, 0.717) is 18.4 Å². The lowest BCUT2D eigenvalue weighted by Crippen LogP contribution is -2.20. The van der Waals surface area contributed by atoms with E-state index in [2.05, 4.69) is 46.5 Å². The molecule has 0 aromatic carbocycles. The molecule has 0 fully saturated rings. The van der Waals surface area contributed by atoms with Crippen LogP contribution in [-0.2, 0) is 6.54 Å². The molecule has 2 unspecified atom stereocenters. The highest BCUT2D eigenvalue weighted by Gasteiger charge is 2.20. The Hall–Kier alpha value is -0.350. The Bertz CT molecular complexity index is 309. The molecular weight excluding hydrogens is 254 g/mol. The average molecular weight is 274 g/mol. The van der Waals surface area contributed by atoms with Gasteiger partial charge in [-0.25, -0.2) is 0 Å². The number of nitrogens with two attached hydrogens (primary N) is 1. The highest BCUT2D eigenvalue weighted by Crippen LogP contribution is 2.29. The van der Waals surface area contributed by atoms with Gasteiger partial charge in [-0.3, -0.25) is 4.68 Å². The highest BCUT2D eigenvalue weighted by molar-refractivity contribution is 9.10. The first kappa shape index (κ1) is 12.7. The first-order valence-electron chi connectivity index (χ1n) is 5.53. The minimum absolute atomic E-state index is 0.443. The van der Waals surface area contributed by atoms with E-state index < -0.39 is 0 Å². The minimum atomic E-state index is 0.443. The number of hydrogen-bond donors (Lipinski definition) is 1. The molecule has 86 valence electrons. The molecule has 1 heterocycles. The molecule has 1 rings (SSSR count). The van der Waals surface area contributed by atoms with E-state index in [-0.39, 0.29) is 0 Å². The van der Waals surface area contributed by atoms with Crippen molar-refractivity contribution in [3.63, 3.8) is 0 Å². The smallest absolute Gasteiger partial charge is 0.0635 e. The quantitative estimate of drug-likeness (QED) is 0.897. The number of aryl methyl sites for hydroxylation is 1. The first-order valence-corrected chi connectivity index (χ1v) is 6.32. The Morgan fingerprint density at radius 2 is 2.20 bits per heavy atom. The van der Waals surface area contributed by atoms with Gasteiger partial charge in [0.25, 0.3) is 0 Å². The zero-order valence-corrected chi connectivity index (χ0v) is 11.3. The third-order valence-corrected chi connectivity index (χ3v) is 3.54. The Morgan fingerprint density at radius 1 is 1.53 bits per heavy atom. The van der Waals surface area contributed by atoms with Crippen molar-refractivity contribution in [2.75, 3.05) is 6.54 Å². The van der Waals surface area contributed by atoms with Crippen LogP contribution in [0.4, 0.5) is 0 Å². The van der Waals surface area contributed by atoms with Gasteiger partial charge in [0.15, 0.2) is 0 Å². The van der Waals surface area contributed by atoms with E-state index >= 15 is 0 Å².